The lowest BCUT2D eigenvalue weighted by Gasteiger charge is -2.29. The lowest BCUT2D eigenvalue weighted by Crippen LogP contribution is -2.17. The molecule has 5 aromatic heterocycles. The number of benzene rings is 15. The van der Waals surface area contributed by atoms with E-state index in [1.54, 1.807) is 0 Å². The van der Waals surface area contributed by atoms with Crippen LogP contribution in [0.15, 0.2) is 309 Å². The van der Waals surface area contributed by atoms with Crippen LogP contribution in [0.3, 0.4) is 0 Å². The Morgan fingerprint density at radius 2 is 0.500 bits per heavy atom. The second-order valence-corrected chi connectivity index (χ2v) is 24.7. The predicted octanol–water partition coefficient (Wildman–Crippen LogP) is 22.4. The largest absolute Gasteiger partial charge is 0.306 e. The first-order chi connectivity index (χ1) is 46.6. The molecule has 0 N–H and O–H groups in total. The van der Waals surface area contributed by atoms with Crippen LogP contribution < -0.4 is 0 Å². The molecule has 0 spiro atoms. The van der Waals surface area contributed by atoms with Crippen molar-refractivity contribution in [3.63, 3.8) is 0 Å². The van der Waals surface area contributed by atoms with Crippen LogP contribution in [-0.2, 0) is 0 Å². The summed E-state index contributed by atoms with van der Waals surface area (Å²) in [4.78, 5) is 11.8. The SMILES string of the molecule is N#Cc1c(-c2nc(-c3ccccc3)cc(-c3ccccc3)n2)c(-n2c3ccccc3c3cc4ccccc4cc32)c(-n2c3ccccc3c3cc4ccccc4cc32)c(-n2c3ccccc3c3cc4ccccc4cc32)c1-n1c2ccccc2c2cc3ccccc3cc21. The Bertz CT molecular complexity index is 6620. The minimum Gasteiger partial charge on any atom is -0.306 e. The summed E-state index contributed by atoms with van der Waals surface area (Å²) >= 11 is 0. The highest BCUT2D eigenvalue weighted by atomic mass is 15.1. The maximum Gasteiger partial charge on any atom is 0.164 e. The van der Waals surface area contributed by atoms with Gasteiger partial charge in [-0.2, -0.15) is 5.26 Å². The van der Waals surface area contributed by atoms with Crippen molar-refractivity contribution in [2.24, 2.45) is 0 Å². The number of hydrogen-bond donors (Lipinski definition) is 0. The Morgan fingerprint density at radius 1 is 0.234 bits per heavy atom. The van der Waals surface area contributed by atoms with Crippen LogP contribution in [0.25, 0.3) is 187 Å². The first kappa shape index (κ1) is 51.9. The van der Waals surface area contributed by atoms with E-state index < -0.39 is 0 Å². The third kappa shape index (κ3) is 7.53. The topological polar surface area (TPSA) is 69.3 Å². The molecule has 20 rings (SSSR count). The van der Waals surface area contributed by atoms with Gasteiger partial charge < -0.3 is 18.3 Å². The molecular weight excluding hydrogens is 1140 g/mol. The van der Waals surface area contributed by atoms with Crippen molar-refractivity contribution >= 4 is 130 Å². The molecule has 7 nitrogen and oxygen atoms in total. The van der Waals surface area contributed by atoms with Crippen molar-refractivity contribution in [2.45, 2.75) is 0 Å². The molecule has 15 aromatic carbocycles. The zero-order valence-electron chi connectivity index (χ0n) is 50.6. The molecular formula is C87H51N7. The normalized spacial score (nSPS) is 12.0. The zero-order valence-corrected chi connectivity index (χ0v) is 50.6. The summed E-state index contributed by atoms with van der Waals surface area (Å²) in [5.41, 5.74) is 15.1. The van der Waals surface area contributed by atoms with Crippen LogP contribution >= 0.6 is 0 Å². The summed E-state index contributed by atoms with van der Waals surface area (Å²) in [6, 6.07) is 115. The molecule has 7 heteroatoms. The first-order valence-corrected chi connectivity index (χ1v) is 31.9. The molecule has 0 bridgehead atoms. The van der Waals surface area contributed by atoms with Gasteiger partial charge in [0.1, 0.15) is 6.07 Å². The highest BCUT2D eigenvalue weighted by molar-refractivity contribution is 6.21. The van der Waals surface area contributed by atoms with Crippen molar-refractivity contribution in [2.75, 3.05) is 0 Å². The summed E-state index contributed by atoms with van der Waals surface area (Å²) in [6.45, 7) is 0. The fourth-order valence-electron chi connectivity index (χ4n) is 15.5. The Hall–Kier alpha value is -12.9. The van der Waals surface area contributed by atoms with Gasteiger partial charge in [-0.3, -0.25) is 0 Å². The molecule has 0 fully saturated rings. The van der Waals surface area contributed by atoms with Crippen LogP contribution in [0.4, 0.5) is 0 Å². The van der Waals surface area contributed by atoms with Gasteiger partial charge in [-0.05, 0) is 122 Å². The first-order valence-electron chi connectivity index (χ1n) is 31.9. The van der Waals surface area contributed by atoms with E-state index in [9.17, 15) is 5.26 Å². The van der Waals surface area contributed by atoms with Crippen molar-refractivity contribution < 1.29 is 0 Å². The summed E-state index contributed by atoms with van der Waals surface area (Å²) < 4.78 is 9.90. The molecule has 20 aromatic rings. The van der Waals surface area contributed by atoms with Crippen molar-refractivity contribution in [1.29, 1.82) is 5.26 Å². The van der Waals surface area contributed by atoms with Crippen LogP contribution in [0, 0.1) is 11.3 Å². The van der Waals surface area contributed by atoms with Crippen molar-refractivity contribution in [3.05, 3.63) is 315 Å². The standard InChI is InChI=1S/C87H51N7/c88-52-71-82(87-89-72(53-23-3-1-4-24-53)51-73(90-87)54-25-5-2-6-26-54)84(92-75-40-20-16-36-64(75)68-44-56-28-8-12-32-60(56)48-79(68)92)86(94-77-42-22-18-38-66(77)70-46-58-30-10-14-34-62(58)50-81(70)94)85(93-76-41-21-17-37-65(76)69-45-57-29-9-13-33-61(57)49-80(69)93)83(71)91-74-39-19-15-35-63(74)67-43-55-27-7-11-31-59(55)47-78(67)91/h1-51H. The maximum absolute atomic E-state index is 13.5. The summed E-state index contributed by atoms with van der Waals surface area (Å²) in [7, 11) is 0. The average molecular weight is 1190 g/mol. The molecule has 0 aliphatic carbocycles. The zero-order chi connectivity index (χ0) is 61.7. The summed E-state index contributed by atoms with van der Waals surface area (Å²) in [5, 5.41) is 31.0. The van der Waals surface area contributed by atoms with E-state index in [0.717, 1.165) is 170 Å². The Kier molecular flexibility index (Phi) is 11.1. The molecule has 0 aliphatic heterocycles. The number of aromatic nitrogens is 6. The van der Waals surface area contributed by atoms with Gasteiger partial charge >= 0.3 is 0 Å². The average Bonchev–Trinajstić information content (AvgIpc) is 1.45. The number of nitrogens with zero attached hydrogens (tertiary/aromatic N) is 7. The van der Waals surface area contributed by atoms with Crippen LogP contribution in [0.2, 0.25) is 0 Å². The summed E-state index contributed by atoms with van der Waals surface area (Å²) in [6.07, 6.45) is 0. The number of para-hydroxylation sites is 4. The molecule has 94 heavy (non-hydrogen) atoms. The quantitative estimate of drug-likeness (QED) is 0.160. The van der Waals surface area contributed by atoms with Crippen LogP contribution in [-0.4, -0.2) is 28.2 Å². The second-order valence-electron chi connectivity index (χ2n) is 24.7. The van der Waals surface area contributed by atoms with Crippen LogP contribution in [0.1, 0.15) is 5.56 Å². The smallest absolute Gasteiger partial charge is 0.164 e. The highest BCUT2D eigenvalue weighted by Crippen LogP contribution is 2.53. The molecule has 0 amide bonds. The molecule has 434 valence electrons. The van der Waals surface area contributed by atoms with Gasteiger partial charge in [-0.25, -0.2) is 9.97 Å². The van der Waals surface area contributed by atoms with Gasteiger partial charge in [0, 0.05) is 54.2 Å². The van der Waals surface area contributed by atoms with E-state index in [2.05, 4.69) is 322 Å². The van der Waals surface area contributed by atoms with Gasteiger partial charge in [0.2, 0.25) is 0 Å². The number of hydrogen-bond acceptors (Lipinski definition) is 3. The molecule has 5 heterocycles. The number of rotatable bonds is 7. The molecule has 0 unspecified atom stereocenters. The van der Waals surface area contributed by atoms with E-state index in [1.165, 1.54) is 0 Å². The van der Waals surface area contributed by atoms with Gasteiger partial charge in [0.15, 0.2) is 5.82 Å². The van der Waals surface area contributed by atoms with Crippen LogP contribution in [0.5, 0.6) is 0 Å². The molecule has 0 radical (unpaired) electrons. The lowest BCUT2D eigenvalue weighted by atomic mass is 9.96. The van der Waals surface area contributed by atoms with Gasteiger partial charge in [0.25, 0.3) is 0 Å². The van der Waals surface area contributed by atoms with E-state index in [-0.39, 0.29) is 0 Å². The second kappa shape index (κ2) is 20.1. The fraction of sp³-hybridized carbons (Fsp3) is 0. The van der Waals surface area contributed by atoms with Gasteiger partial charge in [0.05, 0.1) is 89.4 Å². The Morgan fingerprint density at radius 3 is 0.830 bits per heavy atom. The highest BCUT2D eigenvalue weighted by Gasteiger charge is 2.37. The van der Waals surface area contributed by atoms with E-state index in [1.807, 2.05) is 12.1 Å². The minimum atomic E-state index is 0.401. The predicted molar refractivity (Wildman–Crippen MR) is 390 cm³/mol. The van der Waals surface area contributed by atoms with E-state index >= 15 is 0 Å². The Balaban J connectivity index is 1.14. The Labute approximate surface area is 538 Å². The molecule has 0 saturated heterocycles. The maximum atomic E-state index is 13.5. The molecule has 0 atom stereocenters. The van der Waals surface area contributed by atoms with Crippen molar-refractivity contribution in [3.8, 4) is 62.7 Å². The number of fused-ring (bicyclic) bond motifs is 16. The van der Waals surface area contributed by atoms with E-state index in [4.69, 9.17) is 9.97 Å². The third-order valence-electron chi connectivity index (χ3n) is 19.7. The van der Waals surface area contributed by atoms with Gasteiger partial charge in [-0.1, -0.05) is 231 Å². The third-order valence-corrected chi connectivity index (χ3v) is 19.7. The number of nitriles is 1. The van der Waals surface area contributed by atoms with Gasteiger partial charge in [-0.15, -0.1) is 0 Å². The molecule has 0 aliphatic rings. The fourth-order valence-corrected chi connectivity index (χ4v) is 15.5. The van der Waals surface area contributed by atoms with E-state index in [0.29, 0.717) is 22.6 Å². The molecule has 0 saturated carbocycles. The lowest BCUT2D eigenvalue weighted by molar-refractivity contribution is 1.01. The van der Waals surface area contributed by atoms with Crippen molar-refractivity contribution in [1.82, 2.24) is 28.2 Å². The monoisotopic (exact) mass is 1190 g/mol. The minimum absolute atomic E-state index is 0.401. The summed E-state index contributed by atoms with van der Waals surface area (Å²) in [5.74, 6) is 0.401.